The average Bonchev–Trinajstić information content (AvgIpc) is 2.80. The van der Waals surface area contributed by atoms with Gasteiger partial charge in [0, 0.05) is 24.3 Å². The lowest BCUT2D eigenvalue weighted by Gasteiger charge is -2.35. The van der Waals surface area contributed by atoms with Gasteiger partial charge < -0.3 is 10.0 Å². The van der Waals surface area contributed by atoms with E-state index in [4.69, 9.17) is 0 Å². The van der Waals surface area contributed by atoms with Crippen molar-refractivity contribution in [2.24, 2.45) is 5.92 Å². The van der Waals surface area contributed by atoms with Gasteiger partial charge in [-0.3, -0.25) is 0 Å². The van der Waals surface area contributed by atoms with Crippen LogP contribution in [0.2, 0.25) is 0 Å². The molecule has 0 spiro atoms. The van der Waals surface area contributed by atoms with E-state index in [1.54, 1.807) is 6.33 Å². The molecule has 1 aliphatic carbocycles. The number of aliphatic hydroxyl groups is 1. The standard InChI is InChI=1S/C13H19N3O/c1-9-7-16(6-5-12(9)17)13-10-3-2-4-11(10)14-8-15-13/h8-9,12,17H,2-7H2,1H3. The van der Waals surface area contributed by atoms with E-state index in [0.717, 1.165) is 38.2 Å². The third-order valence-electron chi connectivity index (χ3n) is 4.01. The fourth-order valence-electron chi connectivity index (χ4n) is 2.94. The van der Waals surface area contributed by atoms with Crippen LogP contribution in [0.25, 0.3) is 0 Å². The molecule has 92 valence electrons. The molecule has 0 radical (unpaired) electrons. The molecular weight excluding hydrogens is 214 g/mol. The quantitative estimate of drug-likeness (QED) is 0.791. The molecule has 0 saturated carbocycles. The number of piperidine rings is 1. The summed E-state index contributed by atoms with van der Waals surface area (Å²) in [6.45, 7) is 3.93. The van der Waals surface area contributed by atoms with Crippen molar-refractivity contribution in [3.8, 4) is 0 Å². The van der Waals surface area contributed by atoms with E-state index >= 15 is 0 Å². The number of anilines is 1. The maximum atomic E-state index is 9.78. The summed E-state index contributed by atoms with van der Waals surface area (Å²) in [5.74, 6) is 1.45. The SMILES string of the molecule is CC1CN(c2ncnc3c2CCC3)CCC1O. The topological polar surface area (TPSA) is 49.2 Å². The minimum Gasteiger partial charge on any atom is -0.393 e. The van der Waals surface area contributed by atoms with Crippen LogP contribution >= 0.6 is 0 Å². The molecule has 2 atom stereocenters. The molecule has 1 aliphatic heterocycles. The Morgan fingerprint density at radius 3 is 3.06 bits per heavy atom. The minimum atomic E-state index is -0.152. The highest BCUT2D eigenvalue weighted by atomic mass is 16.3. The highest BCUT2D eigenvalue weighted by molar-refractivity contribution is 5.50. The smallest absolute Gasteiger partial charge is 0.135 e. The first-order chi connectivity index (χ1) is 8.25. The second-order valence-corrected chi connectivity index (χ2v) is 5.26. The second kappa shape index (κ2) is 4.26. The van der Waals surface area contributed by atoms with Gasteiger partial charge in [0.2, 0.25) is 0 Å². The molecule has 3 rings (SSSR count). The summed E-state index contributed by atoms with van der Waals surface area (Å²) in [7, 11) is 0. The molecule has 2 heterocycles. The van der Waals surface area contributed by atoms with Gasteiger partial charge in [0.15, 0.2) is 0 Å². The van der Waals surface area contributed by atoms with E-state index in [-0.39, 0.29) is 6.10 Å². The van der Waals surface area contributed by atoms with E-state index in [1.807, 2.05) is 0 Å². The summed E-state index contributed by atoms with van der Waals surface area (Å²) in [5.41, 5.74) is 2.57. The first-order valence-corrected chi connectivity index (χ1v) is 6.51. The Hall–Kier alpha value is -1.16. The molecular formula is C13H19N3O. The zero-order valence-electron chi connectivity index (χ0n) is 10.3. The van der Waals surface area contributed by atoms with Crippen LogP contribution in [0.4, 0.5) is 5.82 Å². The van der Waals surface area contributed by atoms with Crippen molar-refractivity contribution in [1.29, 1.82) is 0 Å². The Morgan fingerprint density at radius 1 is 1.35 bits per heavy atom. The molecule has 2 aliphatic rings. The van der Waals surface area contributed by atoms with Crippen LogP contribution in [-0.4, -0.2) is 34.3 Å². The number of hydrogen-bond donors (Lipinski definition) is 1. The van der Waals surface area contributed by atoms with Gasteiger partial charge in [-0.1, -0.05) is 6.92 Å². The summed E-state index contributed by atoms with van der Waals surface area (Å²) in [4.78, 5) is 11.2. The van der Waals surface area contributed by atoms with Gasteiger partial charge in [-0.15, -0.1) is 0 Å². The van der Waals surface area contributed by atoms with Crippen LogP contribution in [0.1, 0.15) is 31.0 Å². The highest BCUT2D eigenvalue weighted by Crippen LogP contribution is 2.30. The van der Waals surface area contributed by atoms with E-state index < -0.39 is 0 Å². The summed E-state index contributed by atoms with van der Waals surface area (Å²) in [5, 5.41) is 9.78. The number of nitrogens with zero attached hydrogens (tertiary/aromatic N) is 3. The number of hydrogen-bond acceptors (Lipinski definition) is 4. The third-order valence-corrected chi connectivity index (χ3v) is 4.01. The fourth-order valence-corrected chi connectivity index (χ4v) is 2.94. The molecule has 1 N–H and O–H groups in total. The van der Waals surface area contributed by atoms with Crippen LogP contribution in [0.3, 0.4) is 0 Å². The van der Waals surface area contributed by atoms with Gasteiger partial charge >= 0.3 is 0 Å². The lowest BCUT2D eigenvalue weighted by molar-refractivity contribution is 0.0968. The number of fused-ring (bicyclic) bond motifs is 1. The predicted octanol–water partition coefficient (Wildman–Crippen LogP) is 1.17. The molecule has 1 fully saturated rings. The van der Waals surface area contributed by atoms with Gasteiger partial charge in [0.1, 0.15) is 12.1 Å². The monoisotopic (exact) mass is 233 g/mol. The van der Waals surface area contributed by atoms with E-state index in [9.17, 15) is 5.11 Å². The van der Waals surface area contributed by atoms with Crippen molar-refractivity contribution in [3.05, 3.63) is 17.6 Å². The van der Waals surface area contributed by atoms with Gasteiger partial charge in [-0.2, -0.15) is 0 Å². The van der Waals surface area contributed by atoms with Crippen LogP contribution in [0.5, 0.6) is 0 Å². The van der Waals surface area contributed by atoms with Crippen molar-refractivity contribution in [2.45, 2.75) is 38.7 Å². The van der Waals surface area contributed by atoms with Gasteiger partial charge in [-0.25, -0.2) is 9.97 Å². The van der Waals surface area contributed by atoms with Crippen molar-refractivity contribution in [1.82, 2.24) is 9.97 Å². The zero-order valence-corrected chi connectivity index (χ0v) is 10.3. The summed E-state index contributed by atoms with van der Waals surface area (Å²) >= 11 is 0. The van der Waals surface area contributed by atoms with E-state index in [1.165, 1.54) is 17.7 Å². The molecule has 2 unspecified atom stereocenters. The average molecular weight is 233 g/mol. The Bertz CT molecular complexity index is 421. The Kier molecular flexibility index (Phi) is 2.74. The van der Waals surface area contributed by atoms with Gasteiger partial charge in [0.05, 0.1) is 6.10 Å². The zero-order chi connectivity index (χ0) is 11.8. The maximum Gasteiger partial charge on any atom is 0.135 e. The Labute approximate surface area is 102 Å². The lowest BCUT2D eigenvalue weighted by atomic mass is 9.96. The Morgan fingerprint density at radius 2 is 2.24 bits per heavy atom. The van der Waals surface area contributed by atoms with Gasteiger partial charge in [-0.05, 0) is 31.6 Å². The minimum absolute atomic E-state index is 0.152. The normalized spacial score (nSPS) is 28.2. The number of aryl methyl sites for hydroxylation is 1. The van der Waals surface area contributed by atoms with Crippen molar-refractivity contribution in [2.75, 3.05) is 18.0 Å². The molecule has 1 saturated heterocycles. The number of aromatic nitrogens is 2. The second-order valence-electron chi connectivity index (χ2n) is 5.26. The molecule has 1 aromatic heterocycles. The van der Waals surface area contributed by atoms with Gasteiger partial charge in [0.25, 0.3) is 0 Å². The largest absolute Gasteiger partial charge is 0.393 e. The summed E-state index contributed by atoms with van der Waals surface area (Å²) in [6.07, 6.45) is 5.79. The lowest BCUT2D eigenvalue weighted by Crippen LogP contribution is -2.42. The van der Waals surface area contributed by atoms with E-state index in [0.29, 0.717) is 5.92 Å². The van der Waals surface area contributed by atoms with Crippen molar-refractivity contribution in [3.63, 3.8) is 0 Å². The van der Waals surface area contributed by atoms with E-state index in [2.05, 4.69) is 21.8 Å². The van der Waals surface area contributed by atoms with Crippen LogP contribution in [0, 0.1) is 5.92 Å². The van der Waals surface area contributed by atoms with Crippen LogP contribution < -0.4 is 4.90 Å². The van der Waals surface area contributed by atoms with Crippen LogP contribution in [0.15, 0.2) is 6.33 Å². The molecule has 0 aromatic carbocycles. The molecule has 4 nitrogen and oxygen atoms in total. The van der Waals surface area contributed by atoms with Crippen molar-refractivity contribution < 1.29 is 5.11 Å². The summed E-state index contributed by atoms with van der Waals surface area (Å²) < 4.78 is 0. The Balaban J connectivity index is 1.87. The van der Waals surface area contributed by atoms with Crippen LogP contribution in [-0.2, 0) is 12.8 Å². The predicted molar refractivity (Wildman–Crippen MR) is 66.1 cm³/mol. The molecule has 17 heavy (non-hydrogen) atoms. The van der Waals surface area contributed by atoms with Crippen molar-refractivity contribution >= 4 is 5.82 Å². The molecule has 1 aromatic rings. The first kappa shape index (κ1) is 11.0. The molecule has 0 amide bonds. The highest BCUT2D eigenvalue weighted by Gasteiger charge is 2.28. The molecule has 0 bridgehead atoms. The summed E-state index contributed by atoms with van der Waals surface area (Å²) in [6, 6.07) is 0. The number of aliphatic hydroxyl groups excluding tert-OH is 1. The molecule has 4 heteroatoms. The maximum absolute atomic E-state index is 9.78. The third kappa shape index (κ3) is 1.90. The fraction of sp³-hybridized carbons (Fsp3) is 0.692. The first-order valence-electron chi connectivity index (χ1n) is 6.51. The number of rotatable bonds is 1.